The van der Waals surface area contributed by atoms with Gasteiger partial charge in [0.25, 0.3) is 10.0 Å². The molecule has 2 fully saturated rings. The molecule has 4 rings (SSSR count). The Morgan fingerprint density at radius 2 is 1.68 bits per heavy atom. The smallest absolute Gasteiger partial charge is 0.295 e. The summed E-state index contributed by atoms with van der Waals surface area (Å²) in [4.78, 5) is 14.7. The Kier molecular flexibility index (Phi) is 7.67. The molecule has 0 atom stereocenters. The van der Waals surface area contributed by atoms with Crippen molar-refractivity contribution in [2.75, 3.05) is 26.2 Å². The quantitative estimate of drug-likeness (QED) is 0.373. The number of carbonyl (C=O) groups is 1. The number of ketones is 1. The molecule has 8 nitrogen and oxygen atoms in total. The van der Waals surface area contributed by atoms with Crippen molar-refractivity contribution in [1.29, 1.82) is 0 Å². The summed E-state index contributed by atoms with van der Waals surface area (Å²) >= 11 is 0. The van der Waals surface area contributed by atoms with Gasteiger partial charge in [-0.15, -0.1) is 5.10 Å². The van der Waals surface area contributed by atoms with E-state index in [9.17, 15) is 39.6 Å². The summed E-state index contributed by atoms with van der Waals surface area (Å²) in [7, 11) is -2.37. The Morgan fingerprint density at radius 3 is 2.21 bits per heavy atom. The molecule has 0 spiro atoms. The van der Waals surface area contributed by atoms with E-state index in [1.807, 2.05) is 4.90 Å². The molecule has 1 aromatic heterocycles. The van der Waals surface area contributed by atoms with E-state index < -0.39 is 63.2 Å². The molecule has 0 N–H and O–H groups in total. The molecule has 1 saturated carbocycles. The predicted octanol–water partition coefficient (Wildman–Crippen LogP) is 3.89. The minimum absolute atomic E-state index is 0.0414. The van der Waals surface area contributed by atoms with Gasteiger partial charge in [0.1, 0.15) is 5.82 Å². The van der Waals surface area contributed by atoms with E-state index >= 15 is 0 Å². The van der Waals surface area contributed by atoms with E-state index in [1.54, 1.807) is 0 Å². The molecule has 2 heterocycles. The zero-order valence-corrected chi connectivity index (χ0v) is 21.3. The van der Waals surface area contributed by atoms with Gasteiger partial charge >= 0.3 is 6.18 Å². The van der Waals surface area contributed by atoms with Crippen LogP contribution in [0.3, 0.4) is 0 Å². The lowest BCUT2D eigenvalue weighted by atomic mass is 9.74. The molecular weight excluding hydrogens is 540 g/mol. The number of carbonyl (C=O) groups excluding carboxylic acids is 1. The first-order valence-electron chi connectivity index (χ1n) is 12.0. The second kappa shape index (κ2) is 10.2. The Morgan fingerprint density at radius 1 is 1.05 bits per heavy atom. The van der Waals surface area contributed by atoms with Gasteiger partial charge in [0.05, 0.1) is 17.3 Å². The molecule has 15 heteroatoms. The lowest BCUT2D eigenvalue weighted by Gasteiger charge is -2.50. The molecule has 0 radical (unpaired) electrons. The van der Waals surface area contributed by atoms with Crippen LogP contribution >= 0.6 is 0 Å². The topological polar surface area (TPSA) is 88.4 Å². The molecule has 210 valence electrons. The van der Waals surface area contributed by atoms with Crippen molar-refractivity contribution in [3.05, 3.63) is 41.3 Å². The maximum Gasteiger partial charge on any atom is 0.416 e. The van der Waals surface area contributed by atoms with Crippen LogP contribution in [-0.2, 0) is 23.2 Å². The number of piperazine rings is 1. The number of aromatic nitrogens is 3. The predicted molar refractivity (Wildman–Crippen MR) is 122 cm³/mol. The summed E-state index contributed by atoms with van der Waals surface area (Å²) in [5, 5.41) is 7.10. The van der Waals surface area contributed by atoms with Crippen molar-refractivity contribution in [1.82, 2.24) is 24.2 Å². The number of hydrogen-bond donors (Lipinski definition) is 0. The Hall–Kier alpha value is -2.52. The lowest BCUT2D eigenvalue weighted by molar-refractivity contribution is -0.137. The molecule has 38 heavy (non-hydrogen) atoms. The van der Waals surface area contributed by atoms with Crippen LogP contribution in [0.2, 0.25) is 0 Å². The highest BCUT2D eigenvalue weighted by Crippen LogP contribution is 2.44. The van der Waals surface area contributed by atoms with Crippen molar-refractivity contribution >= 4 is 15.8 Å². The minimum Gasteiger partial charge on any atom is -0.295 e. The van der Waals surface area contributed by atoms with Crippen LogP contribution < -0.4 is 0 Å². The lowest BCUT2D eigenvalue weighted by Crippen LogP contribution is -2.59. The van der Waals surface area contributed by atoms with Gasteiger partial charge in [0, 0.05) is 58.0 Å². The van der Waals surface area contributed by atoms with Crippen LogP contribution in [0.1, 0.15) is 54.4 Å². The van der Waals surface area contributed by atoms with Crippen LogP contribution in [0.4, 0.5) is 26.3 Å². The van der Waals surface area contributed by atoms with Gasteiger partial charge in [-0.1, -0.05) is 5.21 Å². The van der Waals surface area contributed by atoms with E-state index in [4.69, 9.17) is 0 Å². The van der Waals surface area contributed by atoms with Crippen LogP contribution in [-0.4, -0.2) is 76.0 Å². The zero-order chi connectivity index (χ0) is 27.9. The Balaban J connectivity index is 1.48. The van der Waals surface area contributed by atoms with Gasteiger partial charge in [-0.05, 0) is 37.5 Å². The molecule has 1 aliphatic carbocycles. The fourth-order valence-electron chi connectivity index (χ4n) is 5.18. The number of nitrogens with zero attached hydrogens (tertiary/aromatic N) is 5. The fourth-order valence-corrected chi connectivity index (χ4v) is 6.52. The molecule has 0 unspecified atom stereocenters. The van der Waals surface area contributed by atoms with E-state index in [0.29, 0.717) is 6.07 Å². The second-order valence-electron chi connectivity index (χ2n) is 9.82. The van der Waals surface area contributed by atoms with Crippen molar-refractivity contribution in [2.24, 2.45) is 7.05 Å². The maximum atomic E-state index is 14.3. The second-order valence-corrected chi connectivity index (χ2v) is 11.7. The van der Waals surface area contributed by atoms with Crippen molar-refractivity contribution in [3.63, 3.8) is 0 Å². The molecule has 2 aliphatic rings. The number of Topliss-reactive ketones (excluding diaryl/α,β-unsaturated/α-hetero) is 1. The van der Waals surface area contributed by atoms with Gasteiger partial charge in [-0.3, -0.25) is 14.4 Å². The average molecular weight is 568 g/mol. The van der Waals surface area contributed by atoms with E-state index in [1.165, 1.54) is 22.2 Å². The van der Waals surface area contributed by atoms with Gasteiger partial charge in [0.2, 0.25) is 10.9 Å². The van der Waals surface area contributed by atoms with E-state index in [-0.39, 0.29) is 63.0 Å². The fraction of sp³-hybridized carbons (Fsp3) is 0.609. The summed E-state index contributed by atoms with van der Waals surface area (Å²) in [5.74, 6) is -4.89. The SMILES string of the molecule is Cn1cc(S(=O)(=O)N2CCN(C3(CCC(=O)c4ccc(C(F)(F)F)cc4F)CCC(F)(F)CC3)CC2)nn1. The number of alkyl halides is 5. The standard InChI is InChI=1S/C23H27F6N5O3S/c1-32-15-20(30-31-32)38(36,37)34-12-10-33(11-13-34)21(6-8-22(25,26)9-7-21)5-4-19(35)17-3-2-16(14-18(17)24)23(27,28)29/h2-3,14-15H,4-13H2,1H3. The first-order chi connectivity index (χ1) is 17.6. The number of halogens is 6. The van der Waals surface area contributed by atoms with Crippen molar-refractivity contribution in [3.8, 4) is 0 Å². The van der Waals surface area contributed by atoms with Gasteiger partial charge in [-0.2, -0.15) is 17.5 Å². The van der Waals surface area contributed by atoms with E-state index in [2.05, 4.69) is 10.3 Å². The van der Waals surface area contributed by atoms with Gasteiger partial charge < -0.3 is 0 Å². The van der Waals surface area contributed by atoms with Crippen LogP contribution in [0, 0.1) is 5.82 Å². The third-order valence-electron chi connectivity index (χ3n) is 7.42. The first-order valence-corrected chi connectivity index (χ1v) is 13.5. The van der Waals surface area contributed by atoms with Crippen LogP contribution in [0.5, 0.6) is 0 Å². The minimum atomic E-state index is -4.76. The van der Waals surface area contributed by atoms with Crippen molar-refractivity contribution in [2.45, 2.75) is 61.2 Å². The van der Waals surface area contributed by atoms with Crippen LogP contribution in [0.15, 0.2) is 29.4 Å². The highest BCUT2D eigenvalue weighted by molar-refractivity contribution is 7.89. The van der Waals surface area contributed by atoms with Gasteiger partial charge in [-0.25, -0.2) is 21.6 Å². The molecule has 0 amide bonds. The summed E-state index contributed by atoms with van der Waals surface area (Å²) < 4.78 is 109. The summed E-state index contributed by atoms with van der Waals surface area (Å²) in [6.45, 7) is 0.568. The third-order valence-corrected chi connectivity index (χ3v) is 9.18. The largest absolute Gasteiger partial charge is 0.416 e. The summed E-state index contributed by atoms with van der Waals surface area (Å²) in [5.41, 5.74) is -2.57. The first kappa shape index (κ1) is 28.5. The summed E-state index contributed by atoms with van der Waals surface area (Å²) in [6.07, 6.45) is -4.42. The summed E-state index contributed by atoms with van der Waals surface area (Å²) in [6, 6.07) is 1.68. The van der Waals surface area contributed by atoms with E-state index in [0.717, 1.165) is 6.07 Å². The molecule has 1 aliphatic heterocycles. The van der Waals surface area contributed by atoms with Crippen molar-refractivity contribution < 1.29 is 39.6 Å². The third kappa shape index (κ3) is 5.88. The molecule has 1 saturated heterocycles. The zero-order valence-electron chi connectivity index (χ0n) is 20.5. The number of sulfonamides is 1. The highest BCUT2D eigenvalue weighted by atomic mass is 32.2. The number of aryl methyl sites for hydroxylation is 1. The number of hydrogen-bond acceptors (Lipinski definition) is 6. The maximum absolute atomic E-state index is 14.3. The number of benzene rings is 1. The van der Waals surface area contributed by atoms with Crippen LogP contribution in [0.25, 0.3) is 0 Å². The Labute approximate surface area is 215 Å². The monoisotopic (exact) mass is 567 g/mol. The normalized spacial score (nSPS) is 20.9. The Bertz CT molecular complexity index is 1280. The van der Waals surface area contributed by atoms with Gasteiger partial charge in [0.15, 0.2) is 5.78 Å². The molecular formula is C23H27F6N5O3S. The molecule has 0 bridgehead atoms. The molecule has 2 aromatic rings. The molecule has 1 aromatic carbocycles. The average Bonchev–Trinajstić information content (AvgIpc) is 3.30. The number of rotatable bonds is 7. The highest BCUT2D eigenvalue weighted by Gasteiger charge is 2.48.